The second-order valence-corrected chi connectivity index (χ2v) is 16.9. The fourth-order valence-electron chi connectivity index (χ4n) is 7.84. The summed E-state index contributed by atoms with van der Waals surface area (Å²) in [6.45, 7) is 1.12. The summed E-state index contributed by atoms with van der Waals surface area (Å²) in [6, 6.07) is 5.07. The van der Waals surface area contributed by atoms with Gasteiger partial charge in [-0.05, 0) is 87.4 Å². The molecule has 16 heteroatoms. The van der Waals surface area contributed by atoms with Crippen molar-refractivity contribution in [3.63, 3.8) is 0 Å². The Morgan fingerprint density at radius 1 is 0.679 bits per heavy atom. The first-order valence-corrected chi connectivity index (χ1v) is 22.2. The first-order valence-electron chi connectivity index (χ1n) is 18.5. The molecule has 4 aliphatic rings. The average molecular weight is 784 g/mol. The maximum Gasteiger partial charge on any atom is 0.271 e. The van der Waals surface area contributed by atoms with Gasteiger partial charge in [0.05, 0.1) is 6.04 Å². The molecule has 286 valence electrons. The predicted molar refractivity (Wildman–Crippen MR) is 207 cm³/mol. The summed E-state index contributed by atoms with van der Waals surface area (Å²) >= 11 is 4.37. The molecule has 13 nitrogen and oxygen atoms in total. The molecule has 0 radical (unpaired) electrons. The monoisotopic (exact) mass is 783 g/mol. The van der Waals surface area contributed by atoms with Crippen LogP contribution in [0.1, 0.15) is 78.5 Å². The van der Waals surface area contributed by atoms with Crippen molar-refractivity contribution in [1.82, 2.24) is 35.6 Å². The number of nitrogens with one attached hydrogen (secondary N) is 3. The number of carbonyl (C=O) groups is 6. The van der Waals surface area contributed by atoms with E-state index in [-0.39, 0.29) is 29.3 Å². The molecule has 53 heavy (non-hydrogen) atoms. The van der Waals surface area contributed by atoms with Crippen molar-refractivity contribution in [1.29, 1.82) is 0 Å². The zero-order chi connectivity index (χ0) is 37.5. The van der Waals surface area contributed by atoms with Gasteiger partial charge in [0.25, 0.3) is 5.91 Å². The van der Waals surface area contributed by atoms with E-state index in [1.165, 1.54) is 11.3 Å². The minimum absolute atomic E-state index is 0.137. The van der Waals surface area contributed by atoms with Gasteiger partial charge in [0.15, 0.2) is 0 Å². The minimum atomic E-state index is -0.878. The molecule has 2 aromatic rings. The molecule has 6 rings (SSSR count). The standard InChI is InChI=1S/C37H49N7O6S3/c1-51-19-14-24-36(49)44-18-8-13-30(44)37(50)43-17-7-12-29(43)32(46)39-25(15-20-52-2)35(48)42-16-6-11-28(42)33(47)40-26(21-23-9-4-3-5-10-23)34-41-27(22-53-34)31(45)38-24/h3-5,9-10,22,24-26,28-30H,6-8,11-21H2,1-2H3,(H,38,45)(H,39,46)(H,40,47)/t24-,25-,26-,28-,29-,30-/m0/s1. The third-order valence-corrected chi connectivity index (χ3v) is 12.8. The van der Waals surface area contributed by atoms with Crippen LogP contribution in [0.25, 0.3) is 0 Å². The van der Waals surface area contributed by atoms with Crippen molar-refractivity contribution in [3.8, 4) is 0 Å². The molecule has 5 heterocycles. The van der Waals surface area contributed by atoms with Crippen LogP contribution in [-0.2, 0) is 30.4 Å². The van der Waals surface area contributed by atoms with Crippen LogP contribution in [0.3, 0.4) is 0 Å². The fraction of sp³-hybridized carbons (Fsp3) is 0.595. The number of thiazole rings is 1. The van der Waals surface area contributed by atoms with Crippen molar-refractivity contribution < 1.29 is 28.8 Å². The van der Waals surface area contributed by atoms with Crippen LogP contribution >= 0.6 is 34.9 Å². The van der Waals surface area contributed by atoms with Crippen LogP contribution in [0, 0.1) is 0 Å². The fourth-order valence-corrected chi connectivity index (χ4v) is 9.63. The van der Waals surface area contributed by atoms with Crippen LogP contribution in [0.15, 0.2) is 35.7 Å². The molecule has 1 aromatic carbocycles. The van der Waals surface area contributed by atoms with Crippen molar-refractivity contribution in [2.24, 2.45) is 0 Å². The Morgan fingerprint density at radius 3 is 1.77 bits per heavy atom. The first kappa shape index (κ1) is 39.1. The first-order chi connectivity index (χ1) is 25.7. The highest BCUT2D eigenvalue weighted by Gasteiger charge is 2.45. The molecular weight excluding hydrogens is 735 g/mol. The number of aromatic nitrogens is 1. The Bertz CT molecular complexity index is 1660. The molecule has 0 aliphatic carbocycles. The van der Waals surface area contributed by atoms with Crippen molar-refractivity contribution >= 4 is 70.3 Å². The Morgan fingerprint density at radius 2 is 1.19 bits per heavy atom. The van der Waals surface area contributed by atoms with E-state index in [4.69, 9.17) is 0 Å². The largest absolute Gasteiger partial charge is 0.345 e. The van der Waals surface area contributed by atoms with Crippen LogP contribution in [0.5, 0.6) is 0 Å². The Hall–Kier alpha value is -3.63. The van der Waals surface area contributed by atoms with Gasteiger partial charge in [-0.2, -0.15) is 23.5 Å². The highest BCUT2D eigenvalue weighted by atomic mass is 32.2. The summed E-state index contributed by atoms with van der Waals surface area (Å²) in [7, 11) is 0. The van der Waals surface area contributed by atoms with Gasteiger partial charge in [-0.1, -0.05) is 30.3 Å². The smallest absolute Gasteiger partial charge is 0.271 e. The zero-order valence-electron chi connectivity index (χ0n) is 30.3. The van der Waals surface area contributed by atoms with Gasteiger partial charge >= 0.3 is 0 Å². The average Bonchev–Trinajstić information content (AvgIpc) is 4.00. The topological polar surface area (TPSA) is 161 Å². The van der Waals surface area contributed by atoms with Gasteiger partial charge in [-0.3, -0.25) is 28.8 Å². The van der Waals surface area contributed by atoms with E-state index in [1.807, 2.05) is 42.8 Å². The third kappa shape index (κ3) is 9.02. The number of rotatable bonds is 8. The van der Waals surface area contributed by atoms with Gasteiger partial charge in [-0.15, -0.1) is 11.3 Å². The van der Waals surface area contributed by atoms with Crippen LogP contribution in [0.2, 0.25) is 0 Å². The minimum Gasteiger partial charge on any atom is -0.345 e. The number of fused-ring (bicyclic) bond motifs is 5. The summed E-state index contributed by atoms with van der Waals surface area (Å²) < 4.78 is 0. The Labute approximate surface area is 323 Å². The number of amides is 6. The molecule has 0 spiro atoms. The summed E-state index contributed by atoms with van der Waals surface area (Å²) in [5.41, 5.74) is 1.10. The second-order valence-electron chi connectivity index (χ2n) is 14.0. The maximum atomic E-state index is 14.2. The lowest BCUT2D eigenvalue weighted by atomic mass is 10.1. The maximum absolute atomic E-state index is 14.2. The normalized spacial score (nSPS) is 27.5. The molecule has 3 fully saturated rings. The third-order valence-electron chi connectivity index (χ3n) is 10.6. The number of carbonyl (C=O) groups excluding carboxylic acids is 6. The van der Waals surface area contributed by atoms with Crippen LogP contribution in [0.4, 0.5) is 0 Å². The number of hydrogen-bond donors (Lipinski definition) is 3. The highest BCUT2D eigenvalue weighted by molar-refractivity contribution is 7.98. The molecule has 1 aromatic heterocycles. The molecular formula is C37H49N7O6S3. The Balaban J connectivity index is 1.36. The zero-order valence-corrected chi connectivity index (χ0v) is 32.7. The lowest BCUT2D eigenvalue weighted by molar-refractivity contribution is -0.148. The van der Waals surface area contributed by atoms with Crippen LogP contribution in [-0.4, -0.2) is 129 Å². The van der Waals surface area contributed by atoms with Gasteiger partial charge in [0.1, 0.15) is 40.9 Å². The van der Waals surface area contributed by atoms with Crippen LogP contribution < -0.4 is 16.0 Å². The molecule has 0 unspecified atom stereocenters. The number of nitrogens with zero attached hydrogens (tertiary/aromatic N) is 4. The van der Waals surface area contributed by atoms with E-state index in [9.17, 15) is 28.8 Å². The number of benzene rings is 1. The summed E-state index contributed by atoms with van der Waals surface area (Å²) in [4.78, 5) is 93.8. The predicted octanol–water partition coefficient (Wildman–Crippen LogP) is 2.62. The van der Waals surface area contributed by atoms with Gasteiger partial charge in [-0.25, -0.2) is 4.98 Å². The van der Waals surface area contributed by atoms with E-state index in [0.29, 0.717) is 93.9 Å². The van der Waals surface area contributed by atoms with E-state index >= 15 is 0 Å². The van der Waals surface area contributed by atoms with Crippen molar-refractivity contribution in [3.05, 3.63) is 52.0 Å². The SMILES string of the molecule is CSCC[C@@H]1NC(=O)[C@@H]2CCCN2C(=O)[C@@H]2CCCN2C(=O)[C@H](CCSC)NC(=O)c2csc(n2)[C@H](Cc2ccccc2)NC(=O)[C@@H]2CCCN2C1=O. The lowest BCUT2D eigenvalue weighted by Gasteiger charge is -2.34. The van der Waals surface area contributed by atoms with E-state index in [0.717, 1.165) is 5.56 Å². The molecule has 4 aliphatic heterocycles. The number of hydrogen-bond acceptors (Lipinski definition) is 10. The molecule has 3 saturated heterocycles. The van der Waals surface area contributed by atoms with E-state index < -0.39 is 48.1 Å². The molecule has 2 bridgehead atoms. The van der Waals surface area contributed by atoms with Crippen molar-refractivity contribution in [2.45, 2.75) is 94.0 Å². The summed E-state index contributed by atoms with van der Waals surface area (Å²) in [5.74, 6) is -0.940. The molecule has 6 atom stereocenters. The van der Waals surface area contributed by atoms with Gasteiger partial charge < -0.3 is 30.7 Å². The number of thioether (sulfide) groups is 2. The highest BCUT2D eigenvalue weighted by Crippen LogP contribution is 2.29. The summed E-state index contributed by atoms with van der Waals surface area (Å²) in [6.07, 6.45) is 8.27. The molecule has 6 amide bonds. The molecule has 3 N–H and O–H groups in total. The molecule has 0 saturated carbocycles. The second kappa shape index (κ2) is 18.1. The van der Waals surface area contributed by atoms with E-state index in [1.54, 1.807) is 43.6 Å². The van der Waals surface area contributed by atoms with Gasteiger partial charge in [0, 0.05) is 25.0 Å². The lowest BCUT2D eigenvalue weighted by Crippen LogP contribution is -2.58. The quantitative estimate of drug-likeness (QED) is 0.366. The van der Waals surface area contributed by atoms with Crippen molar-refractivity contribution in [2.75, 3.05) is 43.7 Å². The van der Waals surface area contributed by atoms with Gasteiger partial charge in [0.2, 0.25) is 29.5 Å². The Kier molecular flexibility index (Phi) is 13.4. The van der Waals surface area contributed by atoms with E-state index in [2.05, 4.69) is 20.9 Å². The summed E-state index contributed by atoms with van der Waals surface area (Å²) in [5, 5.41) is 11.2.